The first-order chi connectivity index (χ1) is 9.43. The van der Waals surface area contributed by atoms with Crippen LogP contribution in [0.25, 0.3) is 5.57 Å². The van der Waals surface area contributed by atoms with E-state index in [2.05, 4.69) is 0 Å². The highest BCUT2D eigenvalue weighted by atomic mass is 16.4. The summed E-state index contributed by atoms with van der Waals surface area (Å²) in [5.41, 5.74) is 1.50. The third kappa shape index (κ3) is 3.26. The number of carboxylic acids is 2. The molecule has 0 amide bonds. The van der Waals surface area contributed by atoms with Crippen LogP contribution in [0, 0.1) is 12.8 Å². The van der Waals surface area contributed by atoms with Crippen molar-refractivity contribution in [3.05, 3.63) is 41.0 Å². The number of carboxylic acid groups (broad SMARTS) is 2. The summed E-state index contributed by atoms with van der Waals surface area (Å²) in [4.78, 5) is 22.7. The molecule has 1 rings (SSSR count). The highest BCUT2D eigenvalue weighted by Gasteiger charge is 2.27. The molecule has 1 aromatic rings. The zero-order chi connectivity index (χ0) is 15.3. The fourth-order valence-electron chi connectivity index (χ4n) is 2.45. The molecule has 20 heavy (non-hydrogen) atoms. The minimum atomic E-state index is -1.39. The van der Waals surface area contributed by atoms with Crippen LogP contribution in [0.15, 0.2) is 29.8 Å². The molecular formula is C16H20O4. The molecule has 0 aliphatic rings. The molecule has 4 nitrogen and oxygen atoms in total. The predicted molar refractivity (Wildman–Crippen MR) is 77.4 cm³/mol. The van der Waals surface area contributed by atoms with Gasteiger partial charge in [-0.1, -0.05) is 38.1 Å². The molecule has 0 radical (unpaired) electrons. The maximum Gasteiger partial charge on any atom is 0.343 e. The first-order valence-corrected chi connectivity index (χ1v) is 6.70. The Kier molecular flexibility index (Phi) is 5.50. The summed E-state index contributed by atoms with van der Waals surface area (Å²) in [6.45, 7) is 5.74. The van der Waals surface area contributed by atoms with E-state index in [-0.39, 0.29) is 5.92 Å². The number of hydrogen-bond donors (Lipinski definition) is 2. The molecule has 0 unspecified atom stereocenters. The lowest BCUT2D eigenvalue weighted by Gasteiger charge is -2.21. The summed E-state index contributed by atoms with van der Waals surface area (Å²) in [5, 5.41) is 18.5. The van der Waals surface area contributed by atoms with Crippen molar-refractivity contribution in [2.75, 3.05) is 0 Å². The van der Waals surface area contributed by atoms with Crippen LogP contribution in [-0.4, -0.2) is 22.2 Å². The molecule has 0 aliphatic carbocycles. The first kappa shape index (κ1) is 16.0. The van der Waals surface area contributed by atoms with E-state index in [1.165, 1.54) is 0 Å². The van der Waals surface area contributed by atoms with Crippen LogP contribution in [0.3, 0.4) is 0 Å². The van der Waals surface area contributed by atoms with E-state index >= 15 is 0 Å². The normalized spacial score (nSPS) is 10.4. The molecule has 4 heteroatoms. The van der Waals surface area contributed by atoms with Crippen molar-refractivity contribution in [2.24, 2.45) is 5.92 Å². The van der Waals surface area contributed by atoms with Gasteiger partial charge in [-0.3, -0.25) is 0 Å². The molecule has 1 aromatic carbocycles. The molecule has 0 aromatic heterocycles. The van der Waals surface area contributed by atoms with Crippen LogP contribution in [0.4, 0.5) is 0 Å². The molecule has 0 spiro atoms. The smallest absolute Gasteiger partial charge is 0.343 e. The summed E-state index contributed by atoms with van der Waals surface area (Å²) < 4.78 is 0. The van der Waals surface area contributed by atoms with Crippen molar-refractivity contribution in [3.8, 4) is 0 Å². The number of hydrogen-bond acceptors (Lipinski definition) is 2. The molecule has 2 N–H and O–H groups in total. The van der Waals surface area contributed by atoms with Gasteiger partial charge in [0.2, 0.25) is 0 Å². The lowest BCUT2D eigenvalue weighted by molar-refractivity contribution is -0.140. The van der Waals surface area contributed by atoms with Crippen molar-refractivity contribution in [2.45, 2.75) is 33.6 Å². The van der Waals surface area contributed by atoms with Crippen molar-refractivity contribution in [1.82, 2.24) is 0 Å². The van der Waals surface area contributed by atoms with Gasteiger partial charge >= 0.3 is 11.9 Å². The third-order valence-electron chi connectivity index (χ3n) is 3.53. The molecule has 0 atom stereocenters. The highest BCUT2D eigenvalue weighted by Crippen LogP contribution is 2.33. The number of carbonyl (C=O) groups is 2. The Hall–Kier alpha value is -2.10. The molecular weight excluding hydrogens is 256 g/mol. The molecule has 0 saturated carbocycles. The average Bonchev–Trinajstić information content (AvgIpc) is 2.38. The summed E-state index contributed by atoms with van der Waals surface area (Å²) in [6.07, 6.45) is 1.40. The van der Waals surface area contributed by atoms with Gasteiger partial charge in [-0.25, -0.2) is 9.59 Å². The second-order valence-corrected chi connectivity index (χ2v) is 4.73. The van der Waals surface area contributed by atoms with Gasteiger partial charge in [0.1, 0.15) is 5.57 Å². The Balaban J connectivity index is 3.66. The zero-order valence-electron chi connectivity index (χ0n) is 12.0. The van der Waals surface area contributed by atoms with Crippen LogP contribution >= 0.6 is 0 Å². The second kappa shape index (κ2) is 6.89. The third-order valence-corrected chi connectivity index (χ3v) is 3.53. The van der Waals surface area contributed by atoms with Gasteiger partial charge in [-0.05, 0) is 42.4 Å². The first-order valence-electron chi connectivity index (χ1n) is 6.70. The van der Waals surface area contributed by atoms with Crippen LogP contribution in [0.1, 0.15) is 37.8 Å². The Morgan fingerprint density at radius 2 is 1.55 bits per heavy atom. The SMILES string of the molecule is CCC(CC)C(=C(C(=O)O)C(=O)O)c1ccccc1C. The molecule has 108 valence electrons. The van der Waals surface area contributed by atoms with Gasteiger partial charge in [-0.2, -0.15) is 0 Å². The Morgan fingerprint density at radius 3 is 1.95 bits per heavy atom. The fourth-order valence-corrected chi connectivity index (χ4v) is 2.45. The van der Waals surface area contributed by atoms with Gasteiger partial charge in [-0.15, -0.1) is 0 Å². The van der Waals surface area contributed by atoms with Crippen LogP contribution in [-0.2, 0) is 9.59 Å². The zero-order valence-corrected chi connectivity index (χ0v) is 12.0. The minimum absolute atomic E-state index is 0.0849. The average molecular weight is 276 g/mol. The Bertz CT molecular complexity index is 523. The largest absolute Gasteiger partial charge is 0.477 e. The van der Waals surface area contributed by atoms with Crippen LogP contribution in [0.2, 0.25) is 0 Å². The van der Waals surface area contributed by atoms with E-state index in [9.17, 15) is 19.8 Å². The summed E-state index contributed by atoms with van der Waals surface area (Å²) in [5.74, 6) is -2.86. The van der Waals surface area contributed by atoms with Gasteiger partial charge < -0.3 is 10.2 Å². The quantitative estimate of drug-likeness (QED) is 0.474. The number of aryl methyl sites for hydroxylation is 1. The van der Waals surface area contributed by atoms with Gasteiger partial charge in [0.05, 0.1) is 0 Å². The van der Waals surface area contributed by atoms with E-state index in [1.807, 2.05) is 32.9 Å². The maximum absolute atomic E-state index is 11.4. The van der Waals surface area contributed by atoms with Gasteiger partial charge in [0.15, 0.2) is 0 Å². The molecule has 0 bridgehead atoms. The number of aliphatic carboxylic acids is 2. The fraction of sp³-hybridized carbons (Fsp3) is 0.375. The highest BCUT2D eigenvalue weighted by molar-refractivity contribution is 6.19. The van der Waals surface area contributed by atoms with Crippen molar-refractivity contribution >= 4 is 17.5 Å². The number of rotatable bonds is 6. The summed E-state index contributed by atoms with van der Waals surface area (Å²) >= 11 is 0. The minimum Gasteiger partial charge on any atom is -0.477 e. The number of allylic oxidation sites excluding steroid dienone is 1. The van der Waals surface area contributed by atoms with E-state index in [1.54, 1.807) is 12.1 Å². The van der Waals surface area contributed by atoms with E-state index in [4.69, 9.17) is 0 Å². The van der Waals surface area contributed by atoms with Crippen molar-refractivity contribution in [3.63, 3.8) is 0 Å². The predicted octanol–water partition coefficient (Wildman–Crippen LogP) is 3.35. The van der Waals surface area contributed by atoms with E-state index in [0.29, 0.717) is 24.0 Å². The van der Waals surface area contributed by atoms with Gasteiger partial charge in [0.25, 0.3) is 0 Å². The van der Waals surface area contributed by atoms with Crippen molar-refractivity contribution in [1.29, 1.82) is 0 Å². The molecule has 0 fully saturated rings. The lowest BCUT2D eigenvalue weighted by atomic mass is 9.83. The Labute approximate surface area is 118 Å². The summed E-state index contributed by atoms with van der Waals surface area (Å²) in [7, 11) is 0. The van der Waals surface area contributed by atoms with Crippen molar-refractivity contribution < 1.29 is 19.8 Å². The number of benzene rings is 1. The maximum atomic E-state index is 11.4. The molecule has 0 saturated heterocycles. The summed E-state index contributed by atoms with van der Waals surface area (Å²) in [6, 6.07) is 7.30. The topological polar surface area (TPSA) is 74.6 Å². The van der Waals surface area contributed by atoms with E-state index in [0.717, 1.165) is 5.56 Å². The van der Waals surface area contributed by atoms with Gasteiger partial charge in [0, 0.05) is 0 Å². The second-order valence-electron chi connectivity index (χ2n) is 4.73. The van der Waals surface area contributed by atoms with Crippen LogP contribution in [0.5, 0.6) is 0 Å². The van der Waals surface area contributed by atoms with E-state index < -0.39 is 17.5 Å². The lowest BCUT2D eigenvalue weighted by Crippen LogP contribution is -2.18. The molecule has 0 aliphatic heterocycles. The van der Waals surface area contributed by atoms with Crippen LogP contribution < -0.4 is 0 Å². The Morgan fingerprint density at radius 1 is 1.05 bits per heavy atom. The standard InChI is InChI=1S/C16H20O4/c1-4-11(5-2)13(14(15(17)18)16(19)20)12-9-7-6-8-10(12)3/h6-9,11H,4-5H2,1-3H3,(H,17,18)(H,19,20). The molecule has 0 heterocycles. The monoisotopic (exact) mass is 276 g/mol.